The number of carbonyl (C=O) groups is 1. The molecule has 1 aliphatic rings. The largest absolute Gasteiger partial charge is 0.480 e. The van der Waals surface area contributed by atoms with Gasteiger partial charge in [0.05, 0.1) is 0 Å². The van der Waals surface area contributed by atoms with E-state index < -0.39 is 20.3 Å². The standard InChI is InChI=1S/C12H25NO3Si/c1-9-7-8-13(10(9)11(14)15)16-17(5,6)12(2,3)4/h9-10H,7-8H2,1-6H3,(H,14,15)/t9-,10+/m0/s1. The van der Waals surface area contributed by atoms with E-state index in [1.54, 1.807) is 5.06 Å². The van der Waals surface area contributed by atoms with E-state index in [9.17, 15) is 9.90 Å². The Kier molecular flexibility index (Phi) is 4.06. The molecule has 1 rings (SSSR count). The molecule has 100 valence electrons. The second-order valence-electron chi connectivity index (χ2n) is 6.54. The summed E-state index contributed by atoms with van der Waals surface area (Å²) in [5.74, 6) is -0.606. The van der Waals surface area contributed by atoms with Crippen LogP contribution in [0.4, 0.5) is 0 Å². The van der Waals surface area contributed by atoms with Gasteiger partial charge in [-0.15, -0.1) is 0 Å². The maximum absolute atomic E-state index is 11.3. The molecule has 0 spiro atoms. The van der Waals surface area contributed by atoms with Crippen molar-refractivity contribution in [2.24, 2.45) is 5.92 Å². The van der Waals surface area contributed by atoms with Crippen molar-refractivity contribution in [1.82, 2.24) is 5.06 Å². The molecular weight excluding hydrogens is 234 g/mol. The van der Waals surface area contributed by atoms with Crippen LogP contribution in [0.15, 0.2) is 0 Å². The van der Waals surface area contributed by atoms with Crippen LogP contribution in [-0.2, 0) is 9.32 Å². The zero-order chi connectivity index (χ0) is 13.4. The summed E-state index contributed by atoms with van der Waals surface area (Å²) >= 11 is 0. The lowest BCUT2D eigenvalue weighted by atomic mass is 10.0. The van der Waals surface area contributed by atoms with E-state index in [0.29, 0.717) is 0 Å². The van der Waals surface area contributed by atoms with Crippen LogP contribution in [-0.4, -0.2) is 37.0 Å². The molecular formula is C12H25NO3Si. The van der Waals surface area contributed by atoms with E-state index in [1.807, 2.05) is 6.92 Å². The first-order valence-electron chi connectivity index (χ1n) is 6.25. The van der Waals surface area contributed by atoms with Crippen LogP contribution in [0.1, 0.15) is 34.1 Å². The van der Waals surface area contributed by atoms with Crippen molar-refractivity contribution in [3.05, 3.63) is 0 Å². The van der Waals surface area contributed by atoms with Crippen LogP contribution in [0.3, 0.4) is 0 Å². The second kappa shape index (κ2) is 4.70. The first-order chi connectivity index (χ1) is 7.56. The number of aliphatic carboxylic acids is 1. The summed E-state index contributed by atoms with van der Waals surface area (Å²) in [6, 6.07) is -0.482. The molecule has 1 aliphatic heterocycles. The molecule has 5 heteroatoms. The number of carboxylic acids is 1. The molecule has 4 nitrogen and oxygen atoms in total. The van der Waals surface area contributed by atoms with Crippen molar-refractivity contribution in [2.45, 2.75) is 58.3 Å². The van der Waals surface area contributed by atoms with Gasteiger partial charge in [0.25, 0.3) is 0 Å². The van der Waals surface area contributed by atoms with Gasteiger partial charge in [0.2, 0.25) is 8.32 Å². The molecule has 1 heterocycles. The SMILES string of the molecule is C[C@H]1CCN(O[Si](C)(C)C(C)(C)C)[C@H]1C(=O)O. The maximum atomic E-state index is 11.3. The predicted molar refractivity (Wildman–Crippen MR) is 70.2 cm³/mol. The highest BCUT2D eigenvalue weighted by Crippen LogP contribution is 2.39. The molecule has 0 saturated carbocycles. The Bertz CT molecular complexity index is 299. The molecule has 0 amide bonds. The van der Waals surface area contributed by atoms with E-state index in [-0.39, 0.29) is 11.0 Å². The topological polar surface area (TPSA) is 49.8 Å². The van der Waals surface area contributed by atoms with Crippen molar-refractivity contribution in [1.29, 1.82) is 0 Å². The third-order valence-electron chi connectivity index (χ3n) is 4.06. The van der Waals surface area contributed by atoms with Crippen LogP contribution in [0.5, 0.6) is 0 Å². The van der Waals surface area contributed by atoms with Gasteiger partial charge in [0.15, 0.2) is 0 Å². The summed E-state index contributed by atoms with van der Waals surface area (Å²) in [7, 11) is -1.92. The molecule has 17 heavy (non-hydrogen) atoms. The molecule has 2 atom stereocenters. The molecule has 1 N–H and O–H groups in total. The van der Waals surface area contributed by atoms with E-state index >= 15 is 0 Å². The molecule has 1 saturated heterocycles. The predicted octanol–water partition coefficient (Wildman–Crippen LogP) is 2.72. The van der Waals surface area contributed by atoms with Crippen LogP contribution in [0, 0.1) is 5.92 Å². The number of hydroxylamine groups is 2. The molecule has 0 radical (unpaired) electrons. The number of carboxylic acid groups (broad SMARTS) is 1. The van der Waals surface area contributed by atoms with Crippen molar-refractivity contribution < 1.29 is 14.4 Å². The Morgan fingerprint density at radius 1 is 1.41 bits per heavy atom. The molecule has 0 aromatic heterocycles. The van der Waals surface area contributed by atoms with Gasteiger partial charge in [0, 0.05) is 6.54 Å². The summed E-state index contributed by atoms with van der Waals surface area (Å²) in [6.45, 7) is 13.5. The Morgan fingerprint density at radius 3 is 2.35 bits per heavy atom. The fourth-order valence-corrected chi connectivity index (χ4v) is 2.88. The van der Waals surface area contributed by atoms with E-state index in [1.165, 1.54) is 0 Å². The Balaban J connectivity index is 2.78. The van der Waals surface area contributed by atoms with Crippen molar-refractivity contribution >= 4 is 14.3 Å². The van der Waals surface area contributed by atoms with Gasteiger partial charge >= 0.3 is 5.97 Å². The smallest absolute Gasteiger partial charge is 0.323 e. The lowest BCUT2D eigenvalue weighted by Gasteiger charge is -2.40. The summed E-state index contributed by atoms with van der Waals surface area (Å²) in [4.78, 5) is 11.3. The van der Waals surface area contributed by atoms with Crippen LogP contribution in [0.2, 0.25) is 18.1 Å². The number of hydrogen-bond donors (Lipinski definition) is 1. The normalized spacial score (nSPS) is 27.4. The van der Waals surface area contributed by atoms with Crippen LogP contribution < -0.4 is 0 Å². The van der Waals surface area contributed by atoms with Crippen molar-refractivity contribution in [3.8, 4) is 0 Å². The average Bonchev–Trinajstić information content (AvgIpc) is 2.43. The monoisotopic (exact) mass is 259 g/mol. The first-order valence-corrected chi connectivity index (χ1v) is 9.15. The zero-order valence-electron chi connectivity index (χ0n) is 11.8. The highest BCUT2D eigenvalue weighted by atomic mass is 28.4. The molecule has 0 aliphatic carbocycles. The number of hydrogen-bond acceptors (Lipinski definition) is 3. The molecule has 0 aromatic carbocycles. The highest BCUT2D eigenvalue weighted by molar-refractivity contribution is 6.74. The van der Waals surface area contributed by atoms with Crippen LogP contribution >= 0.6 is 0 Å². The molecule has 1 fully saturated rings. The van der Waals surface area contributed by atoms with E-state index in [0.717, 1.165) is 13.0 Å². The summed E-state index contributed by atoms with van der Waals surface area (Å²) in [5.41, 5.74) is 0. The lowest BCUT2D eigenvalue weighted by molar-refractivity contribution is -0.159. The lowest BCUT2D eigenvalue weighted by Crippen LogP contribution is -2.50. The van der Waals surface area contributed by atoms with Gasteiger partial charge in [-0.3, -0.25) is 4.79 Å². The Hall–Kier alpha value is -0.393. The van der Waals surface area contributed by atoms with Crippen molar-refractivity contribution in [2.75, 3.05) is 6.54 Å². The Labute approximate surface area is 105 Å². The average molecular weight is 259 g/mol. The van der Waals surface area contributed by atoms with Gasteiger partial charge in [-0.1, -0.05) is 27.7 Å². The fraction of sp³-hybridized carbons (Fsp3) is 0.917. The summed E-state index contributed by atoms with van der Waals surface area (Å²) < 4.78 is 6.10. The third kappa shape index (κ3) is 3.08. The Morgan fingerprint density at radius 2 is 1.94 bits per heavy atom. The van der Waals surface area contributed by atoms with Gasteiger partial charge in [-0.05, 0) is 30.5 Å². The fourth-order valence-electron chi connectivity index (χ4n) is 1.81. The molecule has 0 aromatic rings. The number of rotatable bonds is 3. The minimum Gasteiger partial charge on any atom is -0.480 e. The summed E-state index contributed by atoms with van der Waals surface area (Å²) in [5, 5.41) is 11.1. The third-order valence-corrected chi connectivity index (χ3v) is 8.36. The first kappa shape index (κ1) is 14.7. The van der Waals surface area contributed by atoms with Gasteiger partial charge in [-0.25, -0.2) is 0 Å². The molecule has 0 bridgehead atoms. The van der Waals surface area contributed by atoms with Crippen molar-refractivity contribution in [3.63, 3.8) is 0 Å². The highest BCUT2D eigenvalue weighted by Gasteiger charge is 2.45. The zero-order valence-corrected chi connectivity index (χ0v) is 12.8. The molecule has 0 unspecified atom stereocenters. The van der Waals surface area contributed by atoms with Gasteiger partial charge < -0.3 is 9.63 Å². The second-order valence-corrected chi connectivity index (χ2v) is 11.2. The van der Waals surface area contributed by atoms with E-state index in [4.69, 9.17) is 4.53 Å². The number of nitrogens with zero attached hydrogens (tertiary/aromatic N) is 1. The van der Waals surface area contributed by atoms with E-state index in [2.05, 4.69) is 33.9 Å². The minimum atomic E-state index is -1.92. The quantitative estimate of drug-likeness (QED) is 0.792. The minimum absolute atomic E-state index is 0.0991. The van der Waals surface area contributed by atoms with Crippen LogP contribution in [0.25, 0.3) is 0 Å². The van der Waals surface area contributed by atoms with Gasteiger partial charge in [-0.2, -0.15) is 5.06 Å². The maximum Gasteiger partial charge on any atom is 0.323 e. The van der Waals surface area contributed by atoms with Gasteiger partial charge in [0.1, 0.15) is 6.04 Å². The summed E-state index contributed by atoms with van der Waals surface area (Å²) in [6.07, 6.45) is 0.894.